The smallest absolute Gasteiger partial charge is 0.228 e. The maximum atomic E-state index is 13.0. The maximum absolute atomic E-state index is 13.0. The number of carbonyl (C=O) groups is 1. The average Bonchev–Trinajstić information content (AvgIpc) is 3.19. The summed E-state index contributed by atoms with van der Waals surface area (Å²) in [5, 5.41) is 3.56. The van der Waals surface area contributed by atoms with Crippen LogP contribution in [0.4, 0.5) is 5.69 Å². The normalized spacial score (nSPS) is 16.7. The van der Waals surface area contributed by atoms with Gasteiger partial charge in [-0.25, -0.2) is 4.98 Å². The van der Waals surface area contributed by atoms with Gasteiger partial charge in [0.1, 0.15) is 5.82 Å². The number of anilines is 1. The van der Waals surface area contributed by atoms with E-state index in [-0.39, 0.29) is 11.8 Å². The number of halogens is 2. The van der Waals surface area contributed by atoms with Gasteiger partial charge in [0, 0.05) is 16.7 Å². The van der Waals surface area contributed by atoms with Crippen molar-refractivity contribution in [2.24, 2.45) is 5.92 Å². The number of rotatable bonds is 5. The molecule has 0 radical (unpaired) electrons. The van der Waals surface area contributed by atoms with E-state index in [0.717, 1.165) is 46.4 Å². The second-order valence-electron chi connectivity index (χ2n) is 8.37. The number of amides is 1. The van der Waals surface area contributed by atoms with Gasteiger partial charge in [0.05, 0.1) is 34.2 Å². The van der Waals surface area contributed by atoms with E-state index in [2.05, 4.69) is 48.9 Å². The van der Waals surface area contributed by atoms with Gasteiger partial charge in [-0.2, -0.15) is 0 Å². The minimum Gasteiger partial charge on any atom is -0.324 e. The van der Waals surface area contributed by atoms with Gasteiger partial charge in [-0.3, -0.25) is 14.3 Å². The molecular weight excluding hydrogens is 500 g/mol. The Balaban J connectivity index is 1.37. The van der Waals surface area contributed by atoms with E-state index >= 15 is 0 Å². The Morgan fingerprint density at radius 2 is 1.82 bits per heavy atom. The molecule has 3 aromatic carbocycles. The van der Waals surface area contributed by atoms with Crippen LogP contribution >= 0.6 is 27.5 Å². The van der Waals surface area contributed by atoms with Gasteiger partial charge in [0.15, 0.2) is 0 Å². The Kier molecular flexibility index (Phi) is 6.49. The lowest BCUT2D eigenvalue weighted by Crippen LogP contribution is -2.40. The average molecular weight is 524 g/mol. The second kappa shape index (κ2) is 9.67. The molecule has 0 saturated carbocycles. The van der Waals surface area contributed by atoms with E-state index < -0.39 is 0 Å². The molecule has 168 valence electrons. The van der Waals surface area contributed by atoms with Gasteiger partial charge < -0.3 is 5.32 Å². The van der Waals surface area contributed by atoms with E-state index in [1.54, 1.807) is 6.07 Å². The van der Waals surface area contributed by atoms with Crippen molar-refractivity contribution in [3.05, 3.63) is 88.1 Å². The number of imidazole rings is 1. The summed E-state index contributed by atoms with van der Waals surface area (Å²) in [6.07, 6.45) is 1.84. The molecule has 1 amide bonds. The molecule has 2 heterocycles. The highest BCUT2D eigenvalue weighted by atomic mass is 79.9. The summed E-state index contributed by atoms with van der Waals surface area (Å²) in [5.41, 5.74) is 3.80. The molecule has 1 aromatic heterocycles. The molecule has 5 nitrogen and oxygen atoms in total. The van der Waals surface area contributed by atoms with Crippen molar-refractivity contribution in [1.29, 1.82) is 0 Å². The van der Waals surface area contributed by atoms with E-state index in [1.807, 2.05) is 48.5 Å². The summed E-state index contributed by atoms with van der Waals surface area (Å²) in [6, 6.07) is 23.8. The van der Waals surface area contributed by atoms with E-state index in [4.69, 9.17) is 16.6 Å². The number of fused-ring (bicyclic) bond motifs is 1. The van der Waals surface area contributed by atoms with Crippen molar-refractivity contribution in [3.63, 3.8) is 0 Å². The fraction of sp³-hybridized carbons (Fsp3) is 0.231. The number of para-hydroxylation sites is 3. The fourth-order valence-corrected chi connectivity index (χ4v) is 4.92. The molecule has 33 heavy (non-hydrogen) atoms. The summed E-state index contributed by atoms with van der Waals surface area (Å²) in [4.78, 5) is 20.2. The van der Waals surface area contributed by atoms with Gasteiger partial charge >= 0.3 is 0 Å². The second-order valence-corrected chi connectivity index (χ2v) is 9.69. The number of aromatic nitrogens is 2. The van der Waals surface area contributed by atoms with Crippen LogP contribution in [0.2, 0.25) is 5.02 Å². The van der Waals surface area contributed by atoms with Gasteiger partial charge in [0.25, 0.3) is 0 Å². The van der Waals surface area contributed by atoms with Crippen molar-refractivity contribution in [2.45, 2.75) is 19.4 Å². The third-order valence-corrected chi connectivity index (χ3v) is 6.95. The van der Waals surface area contributed by atoms with Crippen LogP contribution in [-0.4, -0.2) is 33.4 Å². The zero-order chi connectivity index (χ0) is 22.8. The third-order valence-electron chi connectivity index (χ3n) is 6.09. The monoisotopic (exact) mass is 522 g/mol. The number of nitrogens with zero attached hydrogens (tertiary/aromatic N) is 3. The Labute approximate surface area is 206 Å². The Morgan fingerprint density at radius 3 is 2.64 bits per heavy atom. The van der Waals surface area contributed by atoms with Crippen LogP contribution in [0.3, 0.4) is 0 Å². The van der Waals surface area contributed by atoms with Crippen LogP contribution < -0.4 is 5.32 Å². The Hall–Kier alpha value is -2.67. The highest BCUT2D eigenvalue weighted by Crippen LogP contribution is 2.27. The van der Waals surface area contributed by atoms with Crippen LogP contribution in [0.25, 0.3) is 16.7 Å². The zero-order valence-electron chi connectivity index (χ0n) is 18.0. The molecule has 1 aliphatic rings. The predicted octanol–water partition coefficient (Wildman–Crippen LogP) is 6.29. The first-order valence-corrected chi connectivity index (χ1v) is 12.3. The number of hydrogen-bond donors (Lipinski definition) is 1. The molecule has 0 spiro atoms. The largest absolute Gasteiger partial charge is 0.324 e. The molecule has 5 rings (SSSR count). The molecule has 1 N–H and O–H groups in total. The topological polar surface area (TPSA) is 50.2 Å². The van der Waals surface area contributed by atoms with Gasteiger partial charge in [0.2, 0.25) is 5.91 Å². The molecule has 0 aliphatic carbocycles. The molecule has 4 aromatic rings. The van der Waals surface area contributed by atoms with Crippen LogP contribution in [0.1, 0.15) is 18.7 Å². The molecule has 0 bridgehead atoms. The maximum Gasteiger partial charge on any atom is 0.228 e. The molecule has 1 atom stereocenters. The SMILES string of the molecule is O=C(Nc1ccccc1Cl)[C@H]1CCCN(Cc2nc3ccccc3n2-c2ccc(Br)cc2)C1. The highest BCUT2D eigenvalue weighted by Gasteiger charge is 2.27. The highest BCUT2D eigenvalue weighted by molar-refractivity contribution is 9.10. The van der Waals surface area contributed by atoms with Crippen LogP contribution in [0.15, 0.2) is 77.3 Å². The number of piperidine rings is 1. The molecule has 0 unspecified atom stereocenters. The van der Waals surface area contributed by atoms with Gasteiger partial charge in [-0.1, -0.05) is 51.8 Å². The number of likely N-dealkylation sites (tertiary alicyclic amines) is 1. The summed E-state index contributed by atoms with van der Waals surface area (Å²) >= 11 is 9.75. The first-order valence-electron chi connectivity index (χ1n) is 11.1. The predicted molar refractivity (Wildman–Crippen MR) is 137 cm³/mol. The molecule has 1 fully saturated rings. The standard InChI is InChI=1S/C26H24BrClN4O/c27-19-11-13-20(14-12-19)32-24-10-4-3-9-23(24)29-25(32)17-31-15-5-6-18(16-31)26(33)30-22-8-2-1-7-21(22)28/h1-4,7-14,18H,5-6,15-17H2,(H,30,33)/t18-/m0/s1. The summed E-state index contributed by atoms with van der Waals surface area (Å²) in [6.45, 7) is 2.32. The number of hydrogen-bond acceptors (Lipinski definition) is 3. The van der Waals surface area contributed by atoms with E-state index in [9.17, 15) is 4.79 Å². The molecule has 7 heteroatoms. The van der Waals surface area contributed by atoms with Crippen LogP contribution in [-0.2, 0) is 11.3 Å². The Morgan fingerprint density at radius 1 is 1.06 bits per heavy atom. The molecule has 1 aliphatic heterocycles. The quantitative estimate of drug-likeness (QED) is 0.334. The number of nitrogens with one attached hydrogen (secondary N) is 1. The van der Waals surface area contributed by atoms with Crippen molar-refractivity contribution in [3.8, 4) is 5.69 Å². The zero-order valence-corrected chi connectivity index (χ0v) is 20.4. The van der Waals surface area contributed by atoms with E-state index in [0.29, 0.717) is 23.8 Å². The summed E-state index contributed by atoms with van der Waals surface area (Å²) < 4.78 is 3.26. The molecule has 1 saturated heterocycles. The van der Waals surface area contributed by atoms with Crippen LogP contribution in [0, 0.1) is 5.92 Å². The molecular formula is C26H24BrClN4O. The van der Waals surface area contributed by atoms with Crippen molar-refractivity contribution < 1.29 is 4.79 Å². The first-order chi connectivity index (χ1) is 16.1. The van der Waals surface area contributed by atoms with Gasteiger partial charge in [-0.15, -0.1) is 0 Å². The lowest BCUT2D eigenvalue weighted by Gasteiger charge is -2.31. The Bertz CT molecular complexity index is 1290. The minimum atomic E-state index is -0.0828. The minimum absolute atomic E-state index is 0.0224. The third kappa shape index (κ3) is 4.83. The summed E-state index contributed by atoms with van der Waals surface area (Å²) in [7, 11) is 0. The van der Waals surface area contributed by atoms with E-state index in [1.165, 1.54) is 0 Å². The fourth-order valence-electron chi connectivity index (χ4n) is 4.47. The lowest BCUT2D eigenvalue weighted by atomic mass is 9.97. The van der Waals surface area contributed by atoms with Crippen molar-refractivity contribution >= 4 is 50.2 Å². The summed E-state index contributed by atoms with van der Waals surface area (Å²) in [5.74, 6) is 0.917. The number of benzene rings is 3. The van der Waals surface area contributed by atoms with Crippen LogP contribution in [0.5, 0.6) is 0 Å². The number of carbonyl (C=O) groups excluding carboxylic acids is 1. The van der Waals surface area contributed by atoms with Crippen molar-refractivity contribution in [1.82, 2.24) is 14.5 Å². The van der Waals surface area contributed by atoms with Gasteiger partial charge in [-0.05, 0) is 67.9 Å². The van der Waals surface area contributed by atoms with Crippen molar-refractivity contribution in [2.75, 3.05) is 18.4 Å². The first kappa shape index (κ1) is 22.1. The lowest BCUT2D eigenvalue weighted by molar-refractivity contribution is -0.121.